The molecule has 1 saturated carbocycles. The Balaban J connectivity index is 2.36. The first-order chi connectivity index (χ1) is 16.4. The molecule has 0 aliphatic heterocycles. The predicted octanol–water partition coefficient (Wildman–Crippen LogP) is 5.34. The summed E-state index contributed by atoms with van der Waals surface area (Å²) in [7, 11) is 0. The van der Waals surface area contributed by atoms with Crippen molar-refractivity contribution in [1.29, 1.82) is 0 Å². The highest BCUT2D eigenvalue weighted by atomic mass is 16.6. The first kappa shape index (κ1) is 28.7. The van der Waals surface area contributed by atoms with Crippen LogP contribution >= 0.6 is 0 Å². The maximum absolute atomic E-state index is 13.7. The van der Waals surface area contributed by atoms with Crippen LogP contribution in [0, 0.1) is 13.8 Å². The minimum Gasteiger partial charge on any atom is -0.444 e. The molecule has 1 aliphatic rings. The van der Waals surface area contributed by atoms with E-state index in [0.717, 1.165) is 55.2 Å². The average Bonchev–Trinajstić information content (AvgIpc) is 2.77. The molecule has 1 aromatic carbocycles. The van der Waals surface area contributed by atoms with Gasteiger partial charge in [0.1, 0.15) is 17.7 Å². The number of ether oxygens (including phenoxy) is 1. The minimum atomic E-state index is -0.835. The topological polar surface area (TPSA) is 87.7 Å². The largest absolute Gasteiger partial charge is 0.444 e. The lowest BCUT2D eigenvalue weighted by atomic mass is 9.94. The van der Waals surface area contributed by atoms with Crippen molar-refractivity contribution in [3.8, 4) is 0 Å². The maximum atomic E-state index is 13.7. The van der Waals surface area contributed by atoms with Crippen LogP contribution in [0.4, 0.5) is 4.79 Å². The Bertz CT molecular complexity index is 871. The zero-order valence-electron chi connectivity index (χ0n) is 22.7. The Morgan fingerprint density at radius 2 is 1.74 bits per heavy atom. The smallest absolute Gasteiger partial charge is 0.408 e. The molecular weight excluding hydrogens is 442 g/mol. The number of carbonyl (C=O) groups is 3. The van der Waals surface area contributed by atoms with Gasteiger partial charge in [0.2, 0.25) is 11.8 Å². The van der Waals surface area contributed by atoms with Gasteiger partial charge in [-0.15, -0.1) is 0 Å². The van der Waals surface area contributed by atoms with Gasteiger partial charge in [0.15, 0.2) is 0 Å². The predicted molar refractivity (Wildman–Crippen MR) is 139 cm³/mol. The van der Waals surface area contributed by atoms with Gasteiger partial charge >= 0.3 is 6.09 Å². The van der Waals surface area contributed by atoms with E-state index >= 15 is 0 Å². The van der Waals surface area contributed by atoms with Gasteiger partial charge in [-0.25, -0.2) is 4.79 Å². The Kier molecular flexibility index (Phi) is 10.6. The zero-order chi connectivity index (χ0) is 26.2. The van der Waals surface area contributed by atoms with Crippen LogP contribution in [0.25, 0.3) is 0 Å². The van der Waals surface area contributed by atoms with Gasteiger partial charge in [0.05, 0.1) is 0 Å². The standard InChI is InChI=1S/C28H45N3O4/c1-8-9-17-31(26(33)21(4)29-27(34)35-28(5,6)7)24(22-16-15-19(2)20(3)18-22)25(32)30-23-13-11-10-12-14-23/h15-16,18,21,23-24H,8-14,17H2,1-7H3,(H,29,34)(H,30,32). The molecule has 1 fully saturated rings. The second-order valence-corrected chi connectivity index (χ2v) is 10.8. The molecular formula is C28H45N3O4. The summed E-state index contributed by atoms with van der Waals surface area (Å²) in [6.07, 6.45) is 6.31. The summed E-state index contributed by atoms with van der Waals surface area (Å²) < 4.78 is 5.34. The highest BCUT2D eigenvalue weighted by Gasteiger charge is 2.35. The van der Waals surface area contributed by atoms with Crippen LogP contribution in [-0.4, -0.2) is 47.0 Å². The van der Waals surface area contributed by atoms with Crippen LogP contribution in [0.3, 0.4) is 0 Å². The van der Waals surface area contributed by atoms with Gasteiger partial charge in [-0.3, -0.25) is 9.59 Å². The molecule has 1 aliphatic carbocycles. The summed E-state index contributed by atoms with van der Waals surface area (Å²) in [5.41, 5.74) is 2.32. The number of hydrogen-bond acceptors (Lipinski definition) is 4. The van der Waals surface area contributed by atoms with Crippen molar-refractivity contribution >= 4 is 17.9 Å². The van der Waals surface area contributed by atoms with E-state index in [1.165, 1.54) is 6.42 Å². The summed E-state index contributed by atoms with van der Waals surface area (Å²) in [4.78, 5) is 41.4. The molecule has 2 unspecified atom stereocenters. The van der Waals surface area contributed by atoms with Crippen LogP contribution in [0.5, 0.6) is 0 Å². The number of unbranched alkanes of at least 4 members (excludes halogenated alkanes) is 1. The lowest BCUT2D eigenvalue weighted by molar-refractivity contribution is -0.142. The second kappa shape index (κ2) is 12.9. The minimum absolute atomic E-state index is 0.130. The molecule has 7 heteroatoms. The van der Waals surface area contributed by atoms with Gasteiger partial charge < -0.3 is 20.3 Å². The number of nitrogens with one attached hydrogen (secondary N) is 2. The van der Waals surface area contributed by atoms with E-state index in [2.05, 4.69) is 17.6 Å². The molecule has 2 atom stereocenters. The van der Waals surface area contributed by atoms with E-state index in [9.17, 15) is 14.4 Å². The molecule has 0 heterocycles. The van der Waals surface area contributed by atoms with Gasteiger partial charge in [0, 0.05) is 12.6 Å². The Morgan fingerprint density at radius 1 is 1.09 bits per heavy atom. The van der Waals surface area contributed by atoms with Crippen molar-refractivity contribution in [2.75, 3.05) is 6.54 Å². The third-order valence-corrected chi connectivity index (χ3v) is 6.50. The number of rotatable bonds is 9. The quantitative estimate of drug-likeness (QED) is 0.492. The van der Waals surface area contributed by atoms with Crippen LogP contribution in [0.15, 0.2) is 18.2 Å². The second-order valence-electron chi connectivity index (χ2n) is 10.8. The molecule has 7 nitrogen and oxygen atoms in total. The molecule has 0 saturated heterocycles. The van der Waals surface area contributed by atoms with E-state index < -0.39 is 23.8 Å². The van der Waals surface area contributed by atoms with Crippen LogP contribution in [0.2, 0.25) is 0 Å². The third-order valence-electron chi connectivity index (χ3n) is 6.50. The van der Waals surface area contributed by atoms with Gasteiger partial charge in [0.25, 0.3) is 0 Å². The molecule has 2 rings (SSSR count). The zero-order valence-corrected chi connectivity index (χ0v) is 22.7. The monoisotopic (exact) mass is 487 g/mol. The molecule has 2 N–H and O–H groups in total. The Labute approximate surface area is 211 Å². The molecule has 0 spiro atoms. The fraction of sp³-hybridized carbons (Fsp3) is 0.679. The number of hydrogen-bond donors (Lipinski definition) is 2. The maximum Gasteiger partial charge on any atom is 0.408 e. The molecule has 0 bridgehead atoms. The normalized spacial score (nSPS) is 16.2. The van der Waals surface area contributed by atoms with Gasteiger partial charge in [-0.05, 0) is 77.5 Å². The molecule has 0 aromatic heterocycles. The lowest BCUT2D eigenvalue weighted by Gasteiger charge is -2.35. The highest BCUT2D eigenvalue weighted by Crippen LogP contribution is 2.27. The molecule has 3 amide bonds. The number of nitrogens with zero attached hydrogens (tertiary/aromatic N) is 1. The van der Waals surface area contributed by atoms with Crippen LogP contribution in [-0.2, 0) is 14.3 Å². The van der Waals surface area contributed by atoms with Crippen LogP contribution < -0.4 is 10.6 Å². The molecule has 0 radical (unpaired) electrons. The van der Waals surface area contributed by atoms with Gasteiger partial charge in [-0.1, -0.05) is 50.8 Å². The summed E-state index contributed by atoms with van der Waals surface area (Å²) >= 11 is 0. The van der Waals surface area contributed by atoms with E-state index in [1.54, 1.807) is 32.6 Å². The van der Waals surface area contributed by atoms with Crippen molar-refractivity contribution in [2.45, 2.75) is 117 Å². The van der Waals surface area contributed by atoms with Crippen molar-refractivity contribution in [1.82, 2.24) is 15.5 Å². The number of alkyl carbamates (subject to hydrolysis) is 1. The Morgan fingerprint density at radius 3 is 2.31 bits per heavy atom. The summed E-state index contributed by atoms with van der Waals surface area (Å²) in [5, 5.41) is 5.89. The van der Waals surface area contributed by atoms with E-state index in [-0.39, 0.29) is 17.9 Å². The van der Waals surface area contributed by atoms with Crippen LogP contribution in [0.1, 0.15) is 102 Å². The van der Waals surface area contributed by atoms with E-state index in [4.69, 9.17) is 4.74 Å². The lowest BCUT2D eigenvalue weighted by Crippen LogP contribution is -2.53. The highest BCUT2D eigenvalue weighted by molar-refractivity contribution is 5.92. The first-order valence-corrected chi connectivity index (χ1v) is 13.1. The number of aryl methyl sites for hydroxylation is 2. The van der Waals surface area contributed by atoms with E-state index in [1.807, 2.05) is 32.0 Å². The van der Waals surface area contributed by atoms with Gasteiger partial charge in [-0.2, -0.15) is 0 Å². The summed E-state index contributed by atoms with van der Waals surface area (Å²) in [5.74, 6) is -0.458. The number of carbonyl (C=O) groups excluding carboxylic acids is 3. The number of benzene rings is 1. The molecule has 35 heavy (non-hydrogen) atoms. The molecule has 1 aromatic rings. The third kappa shape index (κ3) is 8.86. The Hall–Kier alpha value is -2.57. The van der Waals surface area contributed by atoms with Crippen molar-refractivity contribution in [2.24, 2.45) is 0 Å². The number of amides is 3. The summed E-state index contributed by atoms with van der Waals surface area (Å²) in [6.45, 7) is 13.5. The van der Waals surface area contributed by atoms with Crippen molar-refractivity contribution < 1.29 is 19.1 Å². The fourth-order valence-electron chi connectivity index (χ4n) is 4.42. The fourth-order valence-corrected chi connectivity index (χ4v) is 4.42. The van der Waals surface area contributed by atoms with Crippen molar-refractivity contribution in [3.63, 3.8) is 0 Å². The average molecular weight is 488 g/mol. The first-order valence-electron chi connectivity index (χ1n) is 13.1. The van der Waals surface area contributed by atoms with Crippen molar-refractivity contribution in [3.05, 3.63) is 34.9 Å². The summed E-state index contributed by atoms with van der Waals surface area (Å²) in [6, 6.07) is 4.46. The molecule has 196 valence electrons. The SMILES string of the molecule is CCCCN(C(=O)C(C)NC(=O)OC(C)(C)C)C(C(=O)NC1CCCCC1)c1ccc(C)c(C)c1. The van der Waals surface area contributed by atoms with E-state index in [0.29, 0.717) is 6.54 Å².